The number of methoxy groups -OCH3 is 1. The molecule has 3 rings (SSSR count). The molecular weight excluding hydrogens is 400 g/mol. The van der Waals surface area contributed by atoms with Crippen molar-refractivity contribution in [3.05, 3.63) is 107 Å². The van der Waals surface area contributed by atoms with E-state index >= 15 is 0 Å². The Bertz CT molecular complexity index is 990. The van der Waals surface area contributed by atoms with Crippen LogP contribution in [-0.4, -0.2) is 19.3 Å². The molecule has 0 aliphatic carbocycles. The van der Waals surface area contributed by atoms with E-state index < -0.39 is 35.2 Å². The van der Waals surface area contributed by atoms with Crippen LogP contribution >= 0.6 is 0 Å². The van der Waals surface area contributed by atoms with Crippen molar-refractivity contribution in [3.8, 4) is 0 Å². The van der Waals surface area contributed by atoms with Gasteiger partial charge in [-0.1, -0.05) is 78.9 Å². The predicted octanol–water partition coefficient (Wildman–Crippen LogP) is 5.56. The van der Waals surface area contributed by atoms with Gasteiger partial charge in [-0.05, 0) is 11.6 Å². The number of hydrogen-bond acceptors (Lipinski definition) is 3. The molecular formula is C23H18F4O3. The molecule has 0 saturated heterocycles. The standard InChI is InChI=1S/C23H18F4O3/c1-29-22(23(25,26)27,17-12-6-3-7-13-17)21(28)30-20(16-10-4-2-5-11-16)18-14-8-9-15-19(18)24/h2-15,20H,1H3/t20-,22-/m0/s1. The lowest BCUT2D eigenvalue weighted by Gasteiger charge is -2.34. The smallest absolute Gasteiger partial charge is 0.432 e. The quantitative estimate of drug-likeness (QED) is 0.388. The average molecular weight is 418 g/mol. The minimum atomic E-state index is -5.13. The second kappa shape index (κ2) is 8.67. The van der Waals surface area contributed by atoms with Crippen molar-refractivity contribution in [1.82, 2.24) is 0 Å². The highest BCUT2D eigenvalue weighted by atomic mass is 19.4. The fraction of sp³-hybridized carbons (Fsp3) is 0.174. The third kappa shape index (κ3) is 3.93. The third-order valence-electron chi connectivity index (χ3n) is 4.69. The number of hydrogen-bond donors (Lipinski definition) is 0. The van der Waals surface area contributed by atoms with Crippen LogP contribution in [0.25, 0.3) is 0 Å². The van der Waals surface area contributed by atoms with Crippen LogP contribution in [0.1, 0.15) is 22.8 Å². The van der Waals surface area contributed by atoms with Crippen LogP contribution in [0.2, 0.25) is 0 Å². The van der Waals surface area contributed by atoms with E-state index in [1.54, 1.807) is 18.2 Å². The molecule has 0 radical (unpaired) electrons. The van der Waals surface area contributed by atoms with E-state index in [0.717, 1.165) is 25.3 Å². The van der Waals surface area contributed by atoms with Gasteiger partial charge in [0.1, 0.15) is 5.82 Å². The Morgan fingerprint density at radius 3 is 1.90 bits per heavy atom. The second-order valence-electron chi connectivity index (χ2n) is 6.47. The summed E-state index contributed by atoms with van der Waals surface area (Å²) in [5.41, 5.74) is -3.56. The maximum atomic E-state index is 14.5. The number of esters is 1. The van der Waals surface area contributed by atoms with Crippen LogP contribution in [0, 0.1) is 5.82 Å². The summed E-state index contributed by atoms with van der Waals surface area (Å²) in [6.07, 6.45) is -6.53. The van der Waals surface area contributed by atoms with Gasteiger partial charge in [-0.2, -0.15) is 13.2 Å². The summed E-state index contributed by atoms with van der Waals surface area (Å²) in [5, 5.41) is 0. The van der Waals surface area contributed by atoms with E-state index in [2.05, 4.69) is 0 Å². The maximum absolute atomic E-state index is 14.5. The Kier molecular flexibility index (Phi) is 6.22. The summed E-state index contributed by atoms with van der Waals surface area (Å²) in [4.78, 5) is 13.0. The summed E-state index contributed by atoms with van der Waals surface area (Å²) in [5.74, 6) is -2.41. The molecule has 30 heavy (non-hydrogen) atoms. The molecule has 156 valence electrons. The van der Waals surface area contributed by atoms with Crippen LogP contribution in [0.15, 0.2) is 84.9 Å². The molecule has 2 atom stereocenters. The SMILES string of the molecule is CO[C@](C(=O)O[C@@H](c1ccccc1)c1ccccc1F)(c1ccccc1)C(F)(F)F. The first-order valence-electron chi connectivity index (χ1n) is 8.99. The maximum Gasteiger partial charge on any atom is 0.432 e. The molecule has 3 aromatic carbocycles. The van der Waals surface area contributed by atoms with Crippen molar-refractivity contribution in [2.24, 2.45) is 0 Å². The van der Waals surface area contributed by atoms with Gasteiger partial charge in [0.15, 0.2) is 6.10 Å². The zero-order valence-corrected chi connectivity index (χ0v) is 15.9. The topological polar surface area (TPSA) is 35.5 Å². The van der Waals surface area contributed by atoms with Crippen molar-refractivity contribution in [2.75, 3.05) is 7.11 Å². The Hall–Kier alpha value is -3.19. The Balaban J connectivity index is 2.11. The van der Waals surface area contributed by atoms with E-state index in [0.29, 0.717) is 5.56 Å². The number of halogens is 4. The first-order chi connectivity index (χ1) is 14.3. The van der Waals surface area contributed by atoms with Gasteiger partial charge in [0.2, 0.25) is 0 Å². The minimum Gasteiger partial charge on any atom is -0.450 e. The Labute approximate surface area is 170 Å². The lowest BCUT2D eigenvalue weighted by molar-refractivity contribution is -0.277. The number of ether oxygens (including phenoxy) is 2. The molecule has 0 fully saturated rings. The van der Waals surface area contributed by atoms with Crippen LogP contribution in [0.4, 0.5) is 17.6 Å². The number of carbonyl (C=O) groups excluding carboxylic acids is 1. The van der Waals surface area contributed by atoms with Crippen LogP contribution < -0.4 is 0 Å². The van der Waals surface area contributed by atoms with Gasteiger partial charge in [0.05, 0.1) is 0 Å². The van der Waals surface area contributed by atoms with Gasteiger partial charge in [0.25, 0.3) is 5.60 Å². The zero-order chi connectivity index (χ0) is 21.8. The Morgan fingerprint density at radius 1 is 0.833 bits per heavy atom. The monoisotopic (exact) mass is 418 g/mol. The highest BCUT2D eigenvalue weighted by Gasteiger charge is 2.64. The van der Waals surface area contributed by atoms with Gasteiger partial charge in [-0.3, -0.25) is 0 Å². The van der Waals surface area contributed by atoms with E-state index in [-0.39, 0.29) is 5.56 Å². The fourth-order valence-corrected chi connectivity index (χ4v) is 3.20. The third-order valence-corrected chi connectivity index (χ3v) is 4.69. The molecule has 0 saturated carbocycles. The van der Waals surface area contributed by atoms with E-state index in [9.17, 15) is 22.4 Å². The molecule has 0 spiro atoms. The van der Waals surface area contributed by atoms with Gasteiger partial charge in [-0.15, -0.1) is 0 Å². The average Bonchev–Trinajstić information content (AvgIpc) is 2.74. The molecule has 3 aromatic rings. The van der Waals surface area contributed by atoms with E-state index in [1.165, 1.54) is 48.5 Å². The van der Waals surface area contributed by atoms with E-state index in [1.807, 2.05) is 0 Å². The van der Waals surface area contributed by atoms with Gasteiger partial charge < -0.3 is 9.47 Å². The molecule has 0 N–H and O–H groups in total. The molecule has 0 aliphatic rings. The number of benzene rings is 3. The zero-order valence-electron chi connectivity index (χ0n) is 15.9. The Morgan fingerprint density at radius 2 is 1.37 bits per heavy atom. The van der Waals surface area contributed by atoms with E-state index in [4.69, 9.17) is 9.47 Å². The molecule has 0 heterocycles. The first-order valence-corrected chi connectivity index (χ1v) is 8.99. The van der Waals surface area contributed by atoms with Crippen molar-refractivity contribution < 1.29 is 31.8 Å². The molecule has 0 amide bonds. The normalized spacial score (nSPS) is 14.6. The summed E-state index contributed by atoms with van der Waals surface area (Å²) in [6.45, 7) is 0. The minimum absolute atomic E-state index is 0.0720. The van der Waals surface area contributed by atoms with Gasteiger partial charge in [-0.25, -0.2) is 9.18 Å². The fourth-order valence-electron chi connectivity index (χ4n) is 3.20. The van der Waals surface area contributed by atoms with Crippen molar-refractivity contribution in [3.63, 3.8) is 0 Å². The van der Waals surface area contributed by atoms with Crippen LogP contribution in [-0.2, 0) is 19.9 Å². The number of carbonyl (C=O) groups is 1. The lowest BCUT2D eigenvalue weighted by atomic mass is 9.92. The van der Waals surface area contributed by atoms with Crippen molar-refractivity contribution in [1.29, 1.82) is 0 Å². The second-order valence-corrected chi connectivity index (χ2v) is 6.47. The highest BCUT2D eigenvalue weighted by Crippen LogP contribution is 2.44. The predicted molar refractivity (Wildman–Crippen MR) is 102 cm³/mol. The van der Waals surface area contributed by atoms with Crippen molar-refractivity contribution >= 4 is 5.97 Å². The number of alkyl halides is 3. The molecule has 0 aliphatic heterocycles. The molecule has 3 nitrogen and oxygen atoms in total. The van der Waals surface area contributed by atoms with Crippen LogP contribution in [0.5, 0.6) is 0 Å². The summed E-state index contributed by atoms with van der Waals surface area (Å²) in [6, 6.07) is 19.9. The molecule has 0 unspecified atom stereocenters. The van der Waals surface area contributed by atoms with Gasteiger partial charge in [0, 0.05) is 18.2 Å². The molecule has 0 bridgehead atoms. The van der Waals surface area contributed by atoms with Gasteiger partial charge >= 0.3 is 12.1 Å². The number of rotatable bonds is 6. The summed E-state index contributed by atoms with van der Waals surface area (Å²) in [7, 11) is 0.780. The largest absolute Gasteiger partial charge is 0.450 e. The van der Waals surface area contributed by atoms with Crippen LogP contribution in [0.3, 0.4) is 0 Å². The summed E-state index contributed by atoms with van der Waals surface area (Å²) >= 11 is 0. The highest BCUT2D eigenvalue weighted by molar-refractivity contribution is 5.83. The summed E-state index contributed by atoms with van der Waals surface area (Å²) < 4.78 is 67.0. The molecule has 7 heteroatoms. The molecule has 0 aromatic heterocycles. The first kappa shape index (κ1) is 21.5. The van der Waals surface area contributed by atoms with Crippen molar-refractivity contribution in [2.45, 2.75) is 17.9 Å². The lowest BCUT2D eigenvalue weighted by Crippen LogP contribution is -2.52.